The summed E-state index contributed by atoms with van der Waals surface area (Å²) in [6, 6.07) is 52.8. The van der Waals surface area contributed by atoms with E-state index < -0.39 is 0 Å². The summed E-state index contributed by atoms with van der Waals surface area (Å²) in [7, 11) is 0. The maximum Gasteiger partial charge on any atom is -0.0105 e. The van der Waals surface area contributed by atoms with E-state index in [-0.39, 0.29) is 0 Å². The molecule has 1 aliphatic rings. The first kappa shape index (κ1) is 35.2. The van der Waals surface area contributed by atoms with Crippen LogP contribution in [0.4, 0.5) is 0 Å². The monoisotopic (exact) mass is 682 g/mol. The van der Waals surface area contributed by atoms with Crippen LogP contribution < -0.4 is 0 Å². The van der Waals surface area contributed by atoms with Crippen molar-refractivity contribution in [1.82, 2.24) is 0 Å². The van der Waals surface area contributed by atoms with Gasteiger partial charge in [-0.2, -0.15) is 0 Å². The Morgan fingerprint density at radius 2 is 1.08 bits per heavy atom. The van der Waals surface area contributed by atoms with Gasteiger partial charge in [0.25, 0.3) is 0 Å². The lowest BCUT2D eigenvalue weighted by molar-refractivity contribution is 1.04. The van der Waals surface area contributed by atoms with E-state index in [1.165, 1.54) is 77.9 Å². The second-order valence-electron chi connectivity index (χ2n) is 13.7. The molecule has 0 nitrogen and oxygen atoms in total. The van der Waals surface area contributed by atoms with Gasteiger partial charge >= 0.3 is 0 Å². The summed E-state index contributed by atoms with van der Waals surface area (Å²) in [4.78, 5) is 0. The van der Waals surface area contributed by atoms with E-state index in [2.05, 4.69) is 215 Å². The van der Waals surface area contributed by atoms with E-state index in [9.17, 15) is 0 Å². The summed E-state index contributed by atoms with van der Waals surface area (Å²) in [5.41, 5.74) is 19.1. The Morgan fingerprint density at radius 3 is 1.68 bits per heavy atom. The highest BCUT2D eigenvalue weighted by molar-refractivity contribution is 5.92. The SMILES string of the molecule is C=C(/C=C(\C)c1ccccc1-c1cccc(-c2cccc(C3=CCCC=C3)c2)c1)c1ccccc1-c1cccc(-c2cccc(C(/C=C\C)=C/C)c2)c1. The largest absolute Gasteiger partial charge is 0.0911 e. The molecule has 0 fully saturated rings. The fourth-order valence-electron chi connectivity index (χ4n) is 7.37. The van der Waals surface area contributed by atoms with Gasteiger partial charge < -0.3 is 0 Å². The van der Waals surface area contributed by atoms with E-state index in [1.807, 2.05) is 0 Å². The molecule has 0 N–H and O–H groups in total. The van der Waals surface area contributed by atoms with Crippen molar-refractivity contribution < 1.29 is 0 Å². The molecule has 0 unspecified atom stereocenters. The van der Waals surface area contributed by atoms with E-state index in [0.717, 1.165) is 24.0 Å². The van der Waals surface area contributed by atoms with Gasteiger partial charge in [-0.15, -0.1) is 0 Å². The van der Waals surface area contributed by atoms with Crippen molar-refractivity contribution in [2.45, 2.75) is 33.6 Å². The fraction of sp³-hybridized carbons (Fsp3) is 0.0943. The quantitative estimate of drug-likeness (QED) is 0.126. The van der Waals surface area contributed by atoms with E-state index in [1.54, 1.807) is 0 Å². The fourth-order valence-corrected chi connectivity index (χ4v) is 7.37. The van der Waals surface area contributed by atoms with Gasteiger partial charge in [0.15, 0.2) is 0 Å². The Hall–Kier alpha value is -6.24. The van der Waals surface area contributed by atoms with Crippen LogP contribution in [-0.2, 0) is 0 Å². The van der Waals surface area contributed by atoms with Crippen molar-refractivity contribution in [2.75, 3.05) is 0 Å². The smallest absolute Gasteiger partial charge is 0.0105 e. The molecule has 0 aliphatic heterocycles. The molecule has 1 aliphatic carbocycles. The second-order valence-corrected chi connectivity index (χ2v) is 13.7. The molecule has 0 spiro atoms. The van der Waals surface area contributed by atoms with Crippen LogP contribution in [0.2, 0.25) is 0 Å². The molecule has 0 heteroatoms. The molecule has 0 saturated heterocycles. The van der Waals surface area contributed by atoms with Crippen molar-refractivity contribution in [3.05, 3.63) is 217 Å². The second kappa shape index (κ2) is 16.4. The third kappa shape index (κ3) is 7.98. The minimum Gasteiger partial charge on any atom is -0.0911 e. The normalized spacial score (nSPS) is 13.3. The third-order valence-electron chi connectivity index (χ3n) is 10.1. The molecule has 53 heavy (non-hydrogen) atoms. The van der Waals surface area contributed by atoms with Crippen molar-refractivity contribution in [2.24, 2.45) is 0 Å². The van der Waals surface area contributed by atoms with Gasteiger partial charge in [-0.1, -0.05) is 170 Å². The summed E-state index contributed by atoms with van der Waals surface area (Å²) in [6.45, 7) is 11.0. The molecular weight excluding hydrogens is 637 g/mol. The van der Waals surface area contributed by atoms with E-state index in [0.29, 0.717) is 0 Å². The summed E-state index contributed by atoms with van der Waals surface area (Å²) in [6.07, 6.45) is 17.7. The zero-order chi connectivity index (χ0) is 36.6. The summed E-state index contributed by atoms with van der Waals surface area (Å²) in [5.74, 6) is 0. The maximum atomic E-state index is 4.62. The van der Waals surface area contributed by atoms with Gasteiger partial charge in [-0.05, 0) is 147 Å². The Balaban J connectivity index is 1.18. The molecule has 0 amide bonds. The average molecular weight is 683 g/mol. The molecule has 7 rings (SSSR count). The Morgan fingerprint density at radius 1 is 0.547 bits per heavy atom. The highest BCUT2D eigenvalue weighted by Crippen LogP contribution is 2.37. The summed E-state index contributed by atoms with van der Waals surface area (Å²) in [5, 5.41) is 0. The first-order valence-corrected chi connectivity index (χ1v) is 18.7. The first-order valence-electron chi connectivity index (χ1n) is 18.7. The lowest BCUT2D eigenvalue weighted by Crippen LogP contribution is -1.91. The standard InChI is InChI=1S/C53H46/c1-5-18-40(6-2)42-21-14-23-44(34-42)46-25-16-27-48(36-46)52-31-12-10-29-50(52)38(3)33-39(4)51-30-11-13-32-53(51)49-28-17-26-47(37-49)45-24-15-22-43(35-45)41-19-8-7-9-20-41/h5-6,8,10-37H,3,7,9H2,1-2,4H3/b18-5-,39-33+,40-6+. The highest BCUT2D eigenvalue weighted by atomic mass is 14.2. The number of hydrogen-bond donors (Lipinski definition) is 0. The van der Waals surface area contributed by atoms with Crippen molar-refractivity contribution >= 4 is 22.3 Å². The topological polar surface area (TPSA) is 0 Å². The van der Waals surface area contributed by atoms with Crippen molar-refractivity contribution in [3.63, 3.8) is 0 Å². The highest BCUT2D eigenvalue weighted by Gasteiger charge is 2.13. The van der Waals surface area contributed by atoms with Crippen LogP contribution in [0.3, 0.4) is 0 Å². The summed E-state index contributed by atoms with van der Waals surface area (Å²) >= 11 is 0. The van der Waals surface area contributed by atoms with Gasteiger partial charge in [0.1, 0.15) is 0 Å². The van der Waals surface area contributed by atoms with Gasteiger partial charge in [-0.25, -0.2) is 0 Å². The number of hydrogen-bond acceptors (Lipinski definition) is 0. The molecule has 6 aromatic rings. The number of benzene rings is 6. The van der Waals surface area contributed by atoms with Gasteiger partial charge in [0, 0.05) is 0 Å². The van der Waals surface area contributed by atoms with Crippen LogP contribution in [0.1, 0.15) is 55.9 Å². The van der Waals surface area contributed by atoms with Crippen LogP contribution in [0.25, 0.3) is 66.8 Å². The van der Waals surface area contributed by atoms with Gasteiger partial charge in [0.2, 0.25) is 0 Å². The minimum atomic E-state index is 0.987. The number of rotatable bonds is 10. The van der Waals surface area contributed by atoms with E-state index in [4.69, 9.17) is 0 Å². The zero-order valence-corrected chi connectivity index (χ0v) is 31.0. The Labute approximate surface area is 316 Å². The van der Waals surface area contributed by atoms with E-state index >= 15 is 0 Å². The predicted octanol–water partition coefficient (Wildman–Crippen LogP) is 15.2. The van der Waals surface area contributed by atoms with Gasteiger partial charge in [-0.3, -0.25) is 0 Å². The zero-order valence-electron chi connectivity index (χ0n) is 31.0. The molecule has 6 aromatic carbocycles. The van der Waals surface area contributed by atoms with Gasteiger partial charge in [0.05, 0.1) is 0 Å². The molecule has 258 valence electrons. The number of allylic oxidation sites excluding steroid dienone is 11. The Kier molecular flexibility index (Phi) is 10.9. The molecule has 0 saturated carbocycles. The van der Waals surface area contributed by atoms with Crippen LogP contribution in [-0.4, -0.2) is 0 Å². The third-order valence-corrected chi connectivity index (χ3v) is 10.1. The molecule has 0 bridgehead atoms. The predicted molar refractivity (Wildman–Crippen MR) is 232 cm³/mol. The lowest BCUT2D eigenvalue weighted by Gasteiger charge is -2.15. The van der Waals surface area contributed by atoms with Crippen LogP contribution in [0, 0.1) is 0 Å². The lowest BCUT2D eigenvalue weighted by atomic mass is 9.89. The van der Waals surface area contributed by atoms with Crippen LogP contribution in [0.5, 0.6) is 0 Å². The Bertz CT molecular complexity index is 2440. The molecule has 0 atom stereocenters. The van der Waals surface area contributed by atoms with Crippen LogP contribution in [0.15, 0.2) is 195 Å². The van der Waals surface area contributed by atoms with Crippen molar-refractivity contribution in [1.29, 1.82) is 0 Å². The summed E-state index contributed by atoms with van der Waals surface area (Å²) < 4.78 is 0. The minimum absolute atomic E-state index is 0.987. The molecule has 0 aromatic heterocycles. The molecular formula is C53H46. The maximum absolute atomic E-state index is 4.62. The van der Waals surface area contributed by atoms with Crippen molar-refractivity contribution in [3.8, 4) is 44.5 Å². The first-order chi connectivity index (χ1) is 26.0. The van der Waals surface area contributed by atoms with Crippen LogP contribution >= 0.6 is 0 Å². The molecule has 0 radical (unpaired) electrons. The molecule has 0 heterocycles. The average Bonchev–Trinajstić information content (AvgIpc) is 3.23.